The van der Waals surface area contributed by atoms with E-state index in [1.54, 1.807) is 41.3 Å². The Balaban J connectivity index is 1.29. The molecule has 0 spiro atoms. The lowest BCUT2D eigenvalue weighted by molar-refractivity contribution is -0.116. The summed E-state index contributed by atoms with van der Waals surface area (Å²) < 4.78 is 32.8. The maximum Gasteiger partial charge on any atom is 0.338 e. The Morgan fingerprint density at radius 2 is 1.79 bits per heavy atom. The molecule has 34 heavy (non-hydrogen) atoms. The van der Waals surface area contributed by atoms with E-state index in [4.69, 9.17) is 4.74 Å². The normalized spacial score (nSPS) is 18.5. The Hall–Kier alpha value is -3.18. The number of hydrogen-bond acceptors (Lipinski definition) is 8. The number of carbonyl (C=O) groups excluding carboxylic acids is 3. The van der Waals surface area contributed by atoms with Crippen molar-refractivity contribution in [3.63, 3.8) is 0 Å². The minimum Gasteiger partial charge on any atom is -0.451 e. The molecule has 0 unspecified atom stereocenters. The second kappa shape index (κ2) is 8.24. The summed E-state index contributed by atoms with van der Waals surface area (Å²) in [5.41, 5.74) is 3.19. The summed E-state index contributed by atoms with van der Waals surface area (Å²) in [6.45, 7) is 3.92. The van der Waals surface area contributed by atoms with Crippen LogP contribution in [0.1, 0.15) is 40.1 Å². The number of fused-ring (bicyclic) bond motifs is 4. The maximum absolute atomic E-state index is 12.9. The summed E-state index contributed by atoms with van der Waals surface area (Å²) in [5, 5.41) is 0.371. The molecule has 3 aliphatic rings. The Bertz CT molecular complexity index is 1390. The van der Waals surface area contributed by atoms with E-state index in [-0.39, 0.29) is 23.0 Å². The second-order valence-electron chi connectivity index (χ2n) is 8.27. The van der Waals surface area contributed by atoms with Crippen LogP contribution in [0.4, 0.5) is 11.4 Å². The summed E-state index contributed by atoms with van der Waals surface area (Å²) >= 11 is 1.18. The number of amides is 1. The van der Waals surface area contributed by atoms with Crippen molar-refractivity contribution in [1.82, 2.24) is 0 Å². The average Bonchev–Trinajstić information content (AvgIpc) is 3.37. The van der Waals surface area contributed by atoms with Gasteiger partial charge in [0, 0.05) is 36.2 Å². The van der Waals surface area contributed by atoms with Gasteiger partial charge in [0.2, 0.25) is 11.7 Å². The van der Waals surface area contributed by atoms with Gasteiger partial charge in [-0.1, -0.05) is 0 Å². The highest BCUT2D eigenvalue weighted by Gasteiger charge is 2.34. The van der Waals surface area contributed by atoms with E-state index in [9.17, 15) is 22.8 Å². The molecular weight excluding hydrogens is 478 g/mol. The number of anilines is 2. The molecule has 176 valence electrons. The van der Waals surface area contributed by atoms with Crippen molar-refractivity contribution in [3.8, 4) is 0 Å². The standard InChI is InChI=1S/C23H21N3O6S2/c1-13(21(28)16-3-5-18-15(11-16)7-8-25(18)14(2)27)32-22(29)17-4-6-19-20(12-17)33-23-24-34(30,31)10-9-26(19)23/h3-6,11-13H,7-10H2,1-2H3/t13-/m0/s1. The van der Waals surface area contributed by atoms with E-state index < -0.39 is 22.1 Å². The minimum absolute atomic E-state index is 0.0441. The topological polar surface area (TPSA) is 113 Å². The number of nitrogens with zero attached hydrogens (tertiary/aromatic N) is 3. The van der Waals surface area contributed by atoms with Crippen molar-refractivity contribution >= 4 is 56.0 Å². The van der Waals surface area contributed by atoms with E-state index in [1.807, 2.05) is 4.90 Å². The molecule has 0 saturated carbocycles. The number of benzene rings is 2. The molecule has 0 radical (unpaired) electrons. The van der Waals surface area contributed by atoms with Gasteiger partial charge in [0.25, 0.3) is 10.0 Å². The molecule has 0 N–H and O–H groups in total. The van der Waals surface area contributed by atoms with Gasteiger partial charge in [0.1, 0.15) is 0 Å². The lowest BCUT2D eigenvalue weighted by Crippen LogP contribution is -2.35. The predicted molar refractivity (Wildman–Crippen MR) is 128 cm³/mol. The first-order valence-electron chi connectivity index (χ1n) is 10.7. The molecule has 2 aromatic carbocycles. The SMILES string of the molecule is CC(=O)N1CCc2cc(C(=O)[C@H](C)OC(=O)c3ccc4c(c3)SC3=NS(=O)(=O)CCN34)ccc21. The molecular formula is C23H21N3O6S2. The summed E-state index contributed by atoms with van der Waals surface area (Å²) in [6.07, 6.45) is -0.335. The first-order valence-corrected chi connectivity index (χ1v) is 13.1. The van der Waals surface area contributed by atoms with Gasteiger partial charge in [-0.25, -0.2) is 13.2 Å². The first-order chi connectivity index (χ1) is 16.1. The van der Waals surface area contributed by atoms with E-state index in [2.05, 4.69) is 4.40 Å². The molecule has 0 bridgehead atoms. The fraction of sp³-hybridized carbons (Fsp3) is 0.304. The monoisotopic (exact) mass is 499 g/mol. The van der Waals surface area contributed by atoms with Gasteiger partial charge in [0.15, 0.2) is 11.3 Å². The third-order valence-electron chi connectivity index (χ3n) is 6.00. The van der Waals surface area contributed by atoms with Crippen LogP contribution < -0.4 is 9.80 Å². The molecule has 3 heterocycles. The van der Waals surface area contributed by atoms with Crippen LogP contribution in [0.15, 0.2) is 45.7 Å². The Kier molecular flexibility index (Phi) is 5.48. The van der Waals surface area contributed by atoms with E-state index in [1.165, 1.54) is 25.6 Å². The molecule has 9 nitrogen and oxygen atoms in total. The molecule has 0 aromatic heterocycles. The zero-order valence-electron chi connectivity index (χ0n) is 18.5. The fourth-order valence-corrected chi connectivity index (χ4v) is 6.55. The number of ketones is 1. The second-order valence-corrected chi connectivity index (χ2v) is 11.0. The molecule has 0 fully saturated rings. The molecule has 0 saturated heterocycles. The number of amidine groups is 1. The van der Waals surface area contributed by atoms with Gasteiger partial charge in [-0.15, -0.1) is 4.40 Å². The minimum atomic E-state index is -3.47. The quantitative estimate of drug-likeness (QED) is 0.466. The van der Waals surface area contributed by atoms with Crippen molar-refractivity contribution in [2.45, 2.75) is 31.3 Å². The van der Waals surface area contributed by atoms with Crippen LogP contribution in [0.25, 0.3) is 0 Å². The van der Waals surface area contributed by atoms with Crippen LogP contribution in [-0.2, 0) is 26.0 Å². The number of esters is 1. The number of thioether (sulfide) groups is 1. The van der Waals surface area contributed by atoms with Crippen LogP contribution in [0.5, 0.6) is 0 Å². The molecule has 1 amide bonds. The highest BCUT2D eigenvalue weighted by molar-refractivity contribution is 8.15. The first kappa shape index (κ1) is 22.6. The predicted octanol–water partition coefficient (Wildman–Crippen LogP) is 2.64. The fourth-order valence-electron chi connectivity index (χ4n) is 4.26. The van der Waals surface area contributed by atoms with Crippen LogP contribution >= 0.6 is 11.8 Å². The summed E-state index contributed by atoms with van der Waals surface area (Å²) in [6, 6.07) is 10.1. The molecule has 0 aliphatic carbocycles. The van der Waals surface area contributed by atoms with Crippen LogP contribution in [0.3, 0.4) is 0 Å². The van der Waals surface area contributed by atoms with Crippen molar-refractivity contribution in [2.24, 2.45) is 4.40 Å². The van der Waals surface area contributed by atoms with Crippen molar-refractivity contribution in [1.29, 1.82) is 0 Å². The lowest BCUT2D eigenvalue weighted by Gasteiger charge is -2.22. The van der Waals surface area contributed by atoms with E-state index in [0.717, 1.165) is 16.9 Å². The van der Waals surface area contributed by atoms with Crippen molar-refractivity contribution < 1.29 is 27.5 Å². The van der Waals surface area contributed by atoms with Gasteiger partial charge in [-0.3, -0.25) is 9.59 Å². The Morgan fingerprint density at radius 1 is 1.06 bits per heavy atom. The number of rotatable bonds is 4. The molecule has 2 aromatic rings. The zero-order valence-corrected chi connectivity index (χ0v) is 20.1. The third-order valence-corrected chi connectivity index (χ3v) is 8.31. The lowest BCUT2D eigenvalue weighted by atomic mass is 10.0. The number of Topliss-reactive ketones (excluding diaryl/α,β-unsaturated/α-hetero) is 1. The zero-order chi connectivity index (χ0) is 24.2. The highest BCUT2D eigenvalue weighted by atomic mass is 32.2. The molecule has 1 atom stereocenters. The summed E-state index contributed by atoms with van der Waals surface area (Å²) in [7, 11) is -3.47. The summed E-state index contributed by atoms with van der Waals surface area (Å²) in [4.78, 5) is 41.6. The third kappa shape index (κ3) is 3.98. The van der Waals surface area contributed by atoms with Gasteiger partial charge in [-0.05, 0) is 67.1 Å². The smallest absolute Gasteiger partial charge is 0.338 e. The van der Waals surface area contributed by atoms with Crippen molar-refractivity contribution in [2.75, 3.05) is 28.6 Å². The van der Waals surface area contributed by atoms with Crippen LogP contribution in [-0.4, -0.2) is 56.2 Å². The highest BCUT2D eigenvalue weighted by Crippen LogP contribution is 2.42. The number of hydrogen-bond donors (Lipinski definition) is 0. The van der Waals surface area contributed by atoms with Gasteiger partial charge >= 0.3 is 5.97 Å². The average molecular weight is 500 g/mol. The Morgan fingerprint density at radius 3 is 2.56 bits per heavy atom. The largest absolute Gasteiger partial charge is 0.451 e. The van der Waals surface area contributed by atoms with Crippen LogP contribution in [0.2, 0.25) is 0 Å². The number of carbonyl (C=O) groups is 3. The van der Waals surface area contributed by atoms with Crippen molar-refractivity contribution in [3.05, 3.63) is 53.1 Å². The summed E-state index contributed by atoms with van der Waals surface area (Å²) in [5.74, 6) is -1.08. The van der Waals surface area contributed by atoms with Gasteiger partial charge in [-0.2, -0.15) is 0 Å². The van der Waals surface area contributed by atoms with Gasteiger partial charge in [0.05, 0.1) is 17.0 Å². The number of sulfonamides is 1. The Labute approximate surface area is 200 Å². The van der Waals surface area contributed by atoms with Crippen LogP contribution in [0, 0.1) is 0 Å². The number of ether oxygens (including phenoxy) is 1. The maximum atomic E-state index is 12.9. The van der Waals surface area contributed by atoms with E-state index in [0.29, 0.717) is 35.1 Å². The molecule has 11 heteroatoms. The van der Waals surface area contributed by atoms with Gasteiger partial charge < -0.3 is 14.5 Å². The van der Waals surface area contributed by atoms with E-state index >= 15 is 0 Å². The molecule has 5 rings (SSSR count). The molecule has 3 aliphatic heterocycles.